The van der Waals surface area contributed by atoms with Gasteiger partial charge < -0.3 is 19.5 Å². The predicted octanol–water partition coefficient (Wildman–Crippen LogP) is 1.64. The normalized spacial score (nSPS) is 23.7. The fourth-order valence-electron chi connectivity index (χ4n) is 3.23. The molecule has 124 valence electrons. The molecular formula is C17H21NO5. The van der Waals surface area contributed by atoms with Gasteiger partial charge in [0.2, 0.25) is 5.91 Å². The molecular weight excluding hydrogens is 298 g/mol. The van der Waals surface area contributed by atoms with Crippen LogP contribution in [0.15, 0.2) is 24.3 Å². The zero-order valence-electron chi connectivity index (χ0n) is 12.9. The van der Waals surface area contributed by atoms with Crippen molar-refractivity contribution in [2.24, 2.45) is 0 Å². The van der Waals surface area contributed by atoms with E-state index in [-0.39, 0.29) is 18.2 Å². The topological polar surface area (TPSA) is 76.1 Å². The summed E-state index contributed by atoms with van der Waals surface area (Å²) in [7, 11) is 0. The molecule has 2 heterocycles. The molecule has 2 atom stereocenters. The molecule has 1 fully saturated rings. The van der Waals surface area contributed by atoms with E-state index < -0.39 is 12.1 Å². The summed E-state index contributed by atoms with van der Waals surface area (Å²) < 4.78 is 11.1. The Morgan fingerprint density at radius 2 is 2.04 bits per heavy atom. The number of aliphatic carboxylic acids is 1. The first-order chi connectivity index (χ1) is 11.1. The smallest absolute Gasteiger partial charge is 0.306 e. The van der Waals surface area contributed by atoms with Gasteiger partial charge in [-0.15, -0.1) is 0 Å². The van der Waals surface area contributed by atoms with Gasteiger partial charge in [-0.2, -0.15) is 0 Å². The number of morpholine rings is 1. The van der Waals surface area contributed by atoms with Crippen LogP contribution in [0.3, 0.4) is 0 Å². The van der Waals surface area contributed by atoms with Gasteiger partial charge >= 0.3 is 5.97 Å². The lowest BCUT2D eigenvalue weighted by atomic mass is 9.89. The molecule has 1 N–H and O–H groups in total. The lowest BCUT2D eigenvalue weighted by molar-refractivity contribution is -0.148. The van der Waals surface area contributed by atoms with Crippen molar-refractivity contribution in [3.05, 3.63) is 29.8 Å². The van der Waals surface area contributed by atoms with E-state index in [9.17, 15) is 9.59 Å². The number of carboxylic acid groups (broad SMARTS) is 1. The fourth-order valence-corrected chi connectivity index (χ4v) is 3.23. The standard InChI is InChI=1S/C17H21NO5/c19-16(18-6-8-22-13(11-18)10-17(20)21)9-12-5-7-23-15-4-2-1-3-14(12)15/h1-4,12-13H,5-11H2,(H,20,21)/t12-,13-/m1/s1. The Kier molecular flexibility index (Phi) is 4.81. The molecule has 0 bridgehead atoms. The van der Waals surface area contributed by atoms with E-state index in [0.717, 1.165) is 17.7 Å². The van der Waals surface area contributed by atoms with Crippen LogP contribution < -0.4 is 4.74 Å². The lowest BCUT2D eigenvalue weighted by Gasteiger charge is -2.34. The average Bonchev–Trinajstić information content (AvgIpc) is 2.55. The Balaban J connectivity index is 1.62. The van der Waals surface area contributed by atoms with E-state index in [1.807, 2.05) is 24.3 Å². The van der Waals surface area contributed by atoms with Crippen LogP contribution >= 0.6 is 0 Å². The zero-order chi connectivity index (χ0) is 16.2. The number of para-hydroxylation sites is 1. The molecule has 3 rings (SSSR count). The molecule has 0 spiro atoms. The molecule has 0 unspecified atom stereocenters. The number of benzene rings is 1. The van der Waals surface area contributed by atoms with Gasteiger partial charge in [-0.25, -0.2) is 0 Å². The SMILES string of the molecule is O=C(O)C[C@@H]1CN(C(=O)C[C@H]2CCOc3ccccc32)CCO1. The summed E-state index contributed by atoms with van der Waals surface area (Å²) in [4.78, 5) is 25.1. The van der Waals surface area contributed by atoms with Crippen LogP contribution in [0.25, 0.3) is 0 Å². The van der Waals surface area contributed by atoms with Gasteiger partial charge in [0.15, 0.2) is 0 Å². The Bertz CT molecular complexity index is 588. The minimum absolute atomic E-state index is 0.0605. The van der Waals surface area contributed by atoms with Crippen LogP contribution in [-0.2, 0) is 14.3 Å². The van der Waals surface area contributed by atoms with Gasteiger partial charge in [0, 0.05) is 19.5 Å². The largest absolute Gasteiger partial charge is 0.493 e. The van der Waals surface area contributed by atoms with E-state index in [4.69, 9.17) is 14.6 Å². The Hall–Kier alpha value is -2.08. The molecule has 1 saturated heterocycles. The van der Waals surface area contributed by atoms with E-state index in [2.05, 4.69) is 0 Å². The van der Waals surface area contributed by atoms with Gasteiger partial charge in [0.1, 0.15) is 5.75 Å². The van der Waals surface area contributed by atoms with Gasteiger partial charge in [0.05, 0.1) is 25.7 Å². The van der Waals surface area contributed by atoms with Crippen LogP contribution in [0.2, 0.25) is 0 Å². The summed E-state index contributed by atoms with van der Waals surface area (Å²) >= 11 is 0. The highest BCUT2D eigenvalue weighted by Crippen LogP contribution is 2.35. The number of rotatable bonds is 4. The van der Waals surface area contributed by atoms with Crippen molar-refractivity contribution >= 4 is 11.9 Å². The summed E-state index contributed by atoms with van der Waals surface area (Å²) in [6.45, 7) is 1.91. The van der Waals surface area contributed by atoms with Crippen molar-refractivity contribution in [1.82, 2.24) is 4.90 Å². The monoisotopic (exact) mass is 319 g/mol. The van der Waals surface area contributed by atoms with Crippen molar-refractivity contribution < 1.29 is 24.2 Å². The second kappa shape index (κ2) is 7.00. The van der Waals surface area contributed by atoms with Crippen LogP contribution in [0.4, 0.5) is 0 Å². The van der Waals surface area contributed by atoms with Gasteiger partial charge in [-0.3, -0.25) is 9.59 Å². The number of carbonyl (C=O) groups excluding carboxylic acids is 1. The molecule has 1 aromatic carbocycles. The molecule has 0 saturated carbocycles. The summed E-state index contributed by atoms with van der Waals surface area (Å²) in [6.07, 6.45) is 0.780. The predicted molar refractivity (Wildman–Crippen MR) is 82.5 cm³/mol. The van der Waals surface area contributed by atoms with Crippen LogP contribution in [0.1, 0.15) is 30.7 Å². The number of carbonyl (C=O) groups is 2. The van der Waals surface area contributed by atoms with E-state index in [0.29, 0.717) is 32.7 Å². The number of fused-ring (bicyclic) bond motifs is 1. The molecule has 0 aromatic heterocycles. The molecule has 0 aliphatic carbocycles. The molecule has 2 aliphatic rings. The molecule has 23 heavy (non-hydrogen) atoms. The number of carboxylic acids is 1. The Morgan fingerprint density at radius 3 is 2.87 bits per heavy atom. The fraction of sp³-hybridized carbons (Fsp3) is 0.529. The molecule has 6 heteroatoms. The van der Waals surface area contributed by atoms with Gasteiger partial charge in [-0.1, -0.05) is 18.2 Å². The minimum Gasteiger partial charge on any atom is -0.493 e. The maximum absolute atomic E-state index is 12.6. The summed E-state index contributed by atoms with van der Waals surface area (Å²) in [5.74, 6) is 0.184. The minimum atomic E-state index is -0.900. The van der Waals surface area contributed by atoms with Crippen molar-refractivity contribution in [3.8, 4) is 5.75 Å². The highest BCUT2D eigenvalue weighted by atomic mass is 16.5. The van der Waals surface area contributed by atoms with Crippen LogP contribution in [0.5, 0.6) is 5.75 Å². The second-order valence-corrected chi connectivity index (χ2v) is 6.01. The number of ether oxygens (including phenoxy) is 2. The van der Waals surface area contributed by atoms with Crippen molar-refractivity contribution in [1.29, 1.82) is 0 Å². The zero-order valence-corrected chi connectivity index (χ0v) is 12.9. The Morgan fingerprint density at radius 1 is 1.22 bits per heavy atom. The summed E-state index contributed by atoms with van der Waals surface area (Å²) in [5.41, 5.74) is 1.09. The third-order valence-electron chi connectivity index (χ3n) is 4.40. The highest BCUT2D eigenvalue weighted by molar-refractivity contribution is 5.77. The Labute approximate surface area is 135 Å². The van der Waals surface area contributed by atoms with Crippen LogP contribution in [0, 0.1) is 0 Å². The van der Waals surface area contributed by atoms with Crippen molar-refractivity contribution in [3.63, 3.8) is 0 Å². The van der Waals surface area contributed by atoms with Crippen molar-refractivity contribution in [2.45, 2.75) is 31.3 Å². The summed E-state index contributed by atoms with van der Waals surface area (Å²) in [6, 6.07) is 7.84. The van der Waals surface area contributed by atoms with Gasteiger partial charge in [-0.05, 0) is 24.0 Å². The number of hydrogen-bond donors (Lipinski definition) is 1. The number of amides is 1. The van der Waals surface area contributed by atoms with E-state index in [1.54, 1.807) is 4.90 Å². The third-order valence-corrected chi connectivity index (χ3v) is 4.40. The first-order valence-electron chi connectivity index (χ1n) is 7.96. The van der Waals surface area contributed by atoms with Gasteiger partial charge in [0.25, 0.3) is 0 Å². The number of hydrogen-bond acceptors (Lipinski definition) is 4. The maximum atomic E-state index is 12.6. The maximum Gasteiger partial charge on any atom is 0.306 e. The first-order valence-corrected chi connectivity index (χ1v) is 7.96. The van der Waals surface area contributed by atoms with Crippen LogP contribution in [-0.4, -0.2) is 54.3 Å². The molecule has 6 nitrogen and oxygen atoms in total. The average molecular weight is 319 g/mol. The van der Waals surface area contributed by atoms with Crippen molar-refractivity contribution in [2.75, 3.05) is 26.3 Å². The molecule has 2 aliphatic heterocycles. The lowest BCUT2D eigenvalue weighted by Crippen LogP contribution is -2.46. The second-order valence-electron chi connectivity index (χ2n) is 6.01. The first kappa shape index (κ1) is 15.8. The quantitative estimate of drug-likeness (QED) is 0.913. The van der Waals surface area contributed by atoms with E-state index >= 15 is 0 Å². The molecule has 1 aromatic rings. The van der Waals surface area contributed by atoms with E-state index in [1.165, 1.54) is 0 Å². The molecule has 1 amide bonds. The summed E-state index contributed by atoms with van der Waals surface area (Å²) in [5, 5.41) is 8.86. The third kappa shape index (κ3) is 3.82. The number of nitrogens with zero attached hydrogens (tertiary/aromatic N) is 1. The molecule has 0 radical (unpaired) electrons. The highest BCUT2D eigenvalue weighted by Gasteiger charge is 2.29.